The number of imidazole rings is 1. The highest BCUT2D eigenvalue weighted by Gasteiger charge is 2.32. The first kappa shape index (κ1) is 25.0. The number of likely N-dealkylation sites (tertiary alicyclic amines) is 1. The number of ether oxygens (including phenoxy) is 1. The number of allylic oxidation sites excluding steroid dienone is 1. The summed E-state index contributed by atoms with van der Waals surface area (Å²) in [6, 6.07) is 2.10. The van der Waals surface area contributed by atoms with Gasteiger partial charge in [-0.3, -0.25) is 14.2 Å². The van der Waals surface area contributed by atoms with Crippen LogP contribution in [0.15, 0.2) is 24.0 Å². The van der Waals surface area contributed by atoms with E-state index in [-0.39, 0.29) is 23.1 Å². The Hall–Kier alpha value is -3.07. The number of aromatic nitrogens is 4. The number of hydrogen-bond donors (Lipinski definition) is 1. The van der Waals surface area contributed by atoms with Crippen molar-refractivity contribution in [1.29, 1.82) is 0 Å². The molecule has 2 N–H and O–H groups in total. The van der Waals surface area contributed by atoms with Gasteiger partial charge in [-0.2, -0.15) is 4.98 Å². The van der Waals surface area contributed by atoms with Gasteiger partial charge in [0.25, 0.3) is 0 Å². The van der Waals surface area contributed by atoms with Crippen LogP contribution in [0.5, 0.6) is 5.88 Å². The van der Waals surface area contributed by atoms with Crippen LogP contribution in [0.4, 0.5) is 0 Å². The fraction of sp³-hybridized carbons (Fsp3) is 0.577. The normalized spacial score (nSPS) is 21.7. The van der Waals surface area contributed by atoms with E-state index in [0.717, 1.165) is 44.5 Å². The van der Waals surface area contributed by atoms with Crippen LogP contribution >= 0.6 is 0 Å². The van der Waals surface area contributed by atoms with Crippen LogP contribution in [0.2, 0.25) is 0 Å². The van der Waals surface area contributed by atoms with Gasteiger partial charge in [-0.1, -0.05) is 19.8 Å². The van der Waals surface area contributed by atoms with Crippen molar-refractivity contribution in [3.05, 3.63) is 35.7 Å². The lowest BCUT2D eigenvalue weighted by atomic mass is 9.81. The lowest BCUT2D eigenvalue weighted by Crippen LogP contribution is -2.31. The summed E-state index contributed by atoms with van der Waals surface area (Å²) in [6.07, 6.45) is 9.69. The van der Waals surface area contributed by atoms with Crippen molar-refractivity contribution in [2.24, 2.45) is 11.7 Å². The number of nitrogens with zero attached hydrogens (tertiary/aromatic N) is 5. The fourth-order valence-electron chi connectivity index (χ4n) is 4.97. The van der Waals surface area contributed by atoms with Crippen molar-refractivity contribution < 1.29 is 14.3 Å². The first-order valence-electron chi connectivity index (χ1n) is 12.7. The van der Waals surface area contributed by atoms with Gasteiger partial charge in [0.05, 0.1) is 11.6 Å². The summed E-state index contributed by atoms with van der Waals surface area (Å²) in [7, 11) is 2.10. The Morgan fingerprint density at radius 1 is 1.23 bits per heavy atom. The van der Waals surface area contributed by atoms with E-state index in [1.54, 1.807) is 12.3 Å². The van der Waals surface area contributed by atoms with Crippen LogP contribution in [-0.2, 0) is 9.59 Å². The molecule has 0 radical (unpaired) electrons. The predicted octanol–water partition coefficient (Wildman–Crippen LogP) is 3.24. The minimum atomic E-state index is -0.614. The Morgan fingerprint density at radius 2 is 2.06 bits per heavy atom. The molecule has 0 unspecified atom stereocenters. The van der Waals surface area contributed by atoms with E-state index in [1.807, 2.05) is 24.6 Å². The molecule has 4 rings (SSSR count). The van der Waals surface area contributed by atoms with Crippen molar-refractivity contribution in [3.63, 3.8) is 0 Å². The van der Waals surface area contributed by atoms with Gasteiger partial charge in [0, 0.05) is 36.5 Å². The molecule has 188 valence electrons. The number of likely N-dealkylation sites (N-methyl/N-ethyl adjacent to an activating group) is 1. The molecule has 1 aliphatic carbocycles. The zero-order valence-corrected chi connectivity index (χ0v) is 21.0. The second-order valence-electron chi connectivity index (χ2n) is 9.59. The summed E-state index contributed by atoms with van der Waals surface area (Å²) >= 11 is 0. The molecule has 3 heterocycles. The zero-order chi connectivity index (χ0) is 24.9. The minimum Gasteiger partial charge on any atom is -0.476 e. The molecule has 1 aliphatic heterocycles. The van der Waals surface area contributed by atoms with Gasteiger partial charge in [0.15, 0.2) is 11.6 Å². The highest BCUT2D eigenvalue weighted by atomic mass is 16.5. The molecule has 2 aromatic rings. The van der Waals surface area contributed by atoms with E-state index in [0.29, 0.717) is 49.2 Å². The maximum Gasteiger partial charge on any atom is 0.219 e. The van der Waals surface area contributed by atoms with E-state index < -0.39 is 5.92 Å². The number of rotatable bonds is 9. The number of aryl methyl sites for hydroxylation is 1. The monoisotopic (exact) mass is 480 g/mol. The van der Waals surface area contributed by atoms with Gasteiger partial charge < -0.3 is 15.4 Å². The summed E-state index contributed by atoms with van der Waals surface area (Å²) in [5, 5.41) is 0. The molecule has 0 bridgehead atoms. The van der Waals surface area contributed by atoms with Crippen molar-refractivity contribution >= 4 is 17.3 Å². The maximum absolute atomic E-state index is 13.4. The van der Waals surface area contributed by atoms with Crippen molar-refractivity contribution in [1.82, 2.24) is 24.4 Å². The second-order valence-corrected chi connectivity index (χ2v) is 9.59. The first-order chi connectivity index (χ1) is 16.9. The molecule has 1 saturated carbocycles. The number of ketones is 2. The standard InChI is InChI=1S/C26H36N6O3/c1-4-8-20(25(34)19-10-5-6-11-21(19)33)24(27)26-29-22(32-14-12-28-17(32)2)15-23(30-26)35-16-18-9-7-13-31(18)3/h12,14-15,18-19H,4-11,13,16,27H2,1-3H3/b24-20-/t18-,19-/m0/s1. The third-order valence-electron chi connectivity index (χ3n) is 7.09. The molecule has 9 heteroatoms. The number of hydrogen-bond acceptors (Lipinski definition) is 8. The Kier molecular flexibility index (Phi) is 7.95. The van der Waals surface area contributed by atoms with Gasteiger partial charge in [-0.25, -0.2) is 9.97 Å². The number of Topliss-reactive ketones (excluding diaryl/α,β-unsaturated/α-hetero) is 2. The summed E-state index contributed by atoms with van der Waals surface area (Å²) in [4.78, 5) is 41.8. The largest absolute Gasteiger partial charge is 0.476 e. The van der Waals surface area contributed by atoms with Crippen LogP contribution in [0.3, 0.4) is 0 Å². The lowest BCUT2D eigenvalue weighted by Gasteiger charge is -2.22. The molecule has 2 aromatic heterocycles. The van der Waals surface area contributed by atoms with Crippen LogP contribution in [0.25, 0.3) is 11.5 Å². The van der Waals surface area contributed by atoms with Crippen molar-refractivity contribution in [3.8, 4) is 11.7 Å². The first-order valence-corrected chi connectivity index (χ1v) is 12.7. The number of carbonyl (C=O) groups excluding carboxylic acids is 2. The van der Waals surface area contributed by atoms with E-state index in [1.165, 1.54) is 0 Å². The van der Waals surface area contributed by atoms with Crippen LogP contribution in [0, 0.1) is 12.8 Å². The Balaban J connectivity index is 1.72. The molecular formula is C26H36N6O3. The molecule has 2 aliphatic rings. The van der Waals surface area contributed by atoms with Gasteiger partial charge in [-0.15, -0.1) is 0 Å². The average molecular weight is 481 g/mol. The molecule has 2 atom stereocenters. The average Bonchev–Trinajstić information content (AvgIpc) is 3.48. The van der Waals surface area contributed by atoms with Gasteiger partial charge >= 0.3 is 0 Å². The highest BCUT2D eigenvalue weighted by Crippen LogP contribution is 2.28. The summed E-state index contributed by atoms with van der Waals surface area (Å²) in [5.74, 6) is 1.18. The molecule has 0 aromatic carbocycles. The molecule has 35 heavy (non-hydrogen) atoms. The van der Waals surface area contributed by atoms with Crippen molar-refractivity contribution in [2.75, 3.05) is 20.2 Å². The lowest BCUT2D eigenvalue weighted by molar-refractivity contribution is -0.132. The summed E-state index contributed by atoms with van der Waals surface area (Å²) in [5.41, 5.74) is 7.24. The fourth-order valence-corrected chi connectivity index (χ4v) is 4.97. The van der Waals surface area contributed by atoms with Crippen LogP contribution < -0.4 is 10.5 Å². The van der Waals surface area contributed by atoms with Crippen LogP contribution in [-0.4, -0.2) is 62.2 Å². The smallest absolute Gasteiger partial charge is 0.219 e. The van der Waals surface area contributed by atoms with Gasteiger partial charge in [0.1, 0.15) is 24.0 Å². The van der Waals surface area contributed by atoms with E-state index >= 15 is 0 Å². The Morgan fingerprint density at radius 3 is 2.71 bits per heavy atom. The Labute approximate surface area is 206 Å². The van der Waals surface area contributed by atoms with Crippen LogP contribution in [0.1, 0.15) is 69.9 Å². The predicted molar refractivity (Wildman–Crippen MR) is 133 cm³/mol. The maximum atomic E-state index is 13.4. The summed E-state index contributed by atoms with van der Waals surface area (Å²) < 4.78 is 7.95. The highest BCUT2D eigenvalue weighted by molar-refractivity contribution is 6.13. The van der Waals surface area contributed by atoms with Gasteiger partial charge in [-0.05, 0) is 52.6 Å². The topological polar surface area (TPSA) is 116 Å². The van der Waals surface area contributed by atoms with E-state index in [9.17, 15) is 9.59 Å². The molecule has 9 nitrogen and oxygen atoms in total. The van der Waals surface area contributed by atoms with Crippen molar-refractivity contribution in [2.45, 2.75) is 71.3 Å². The number of carbonyl (C=O) groups is 2. The molecule has 0 spiro atoms. The van der Waals surface area contributed by atoms with E-state index in [2.05, 4.69) is 26.9 Å². The van der Waals surface area contributed by atoms with Gasteiger partial charge in [0.2, 0.25) is 5.88 Å². The molecule has 2 fully saturated rings. The summed E-state index contributed by atoms with van der Waals surface area (Å²) in [6.45, 7) is 5.44. The SMILES string of the molecule is CCC/C(C(=O)[C@H]1CCCCC1=O)=C(/N)c1nc(OC[C@@H]2CCCN2C)cc(-n2ccnc2C)n1. The Bertz CT molecular complexity index is 1110. The minimum absolute atomic E-state index is 0.0102. The quantitative estimate of drug-likeness (QED) is 0.429. The number of nitrogens with two attached hydrogens (primary N) is 1. The molecular weight excluding hydrogens is 444 g/mol. The third-order valence-corrected chi connectivity index (χ3v) is 7.09. The molecule has 0 amide bonds. The third kappa shape index (κ3) is 5.61. The second kappa shape index (κ2) is 11.1. The zero-order valence-electron chi connectivity index (χ0n) is 21.0. The van der Waals surface area contributed by atoms with E-state index in [4.69, 9.17) is 10.5 Å². The molecule has 1 saturated heterocycles.